The Hall–Kier alpha value is 0.440. The molecule has 0 bridgehead atoms. The third-order valence-electron chi connectivity index (χ3n) is 1.37. The van der Waals surface area contributed by atoms with Crippen LogP contribution >= 0.6 is 15.9 Å². The van der Waals surface area contributed by atoms with Crippen LogP contribution in [0.4, 0.5) is 0 Å². The Morgan fingerprint density at radius 2 is 2.50 bits per heavy atom. The number of alkyl halides is 1. The van der Waals surface area contributed by atoms with Crippen LogP contribution in [0, 0.1) is 6.42 Å². The Balaban J connectivity index is 2.23. The highest BCUT2D eigenvalue weighted by Crippen LogP contribution is 2.13. The summed E-state index contributed by atoms with van der Waals surface area (Å²) in [6, 6.07) is 0. The first-order chi connectivity index (χ1) is 3.79. The van der Waals surface area contributed by atoms with Gasteiger partial charge in [-0.2, -0.15) is 0 Å². The third kappa shape index (κ3) is 1.75. The van der Waals surface area contributed by atoms with Crippen LogP contribution in [0.5, 0.6) is 0 Å². The van der Waals surface area contributed by atoms with E-state index in [-0.39, 0.29) is 0 Å². The van der Waals surface area contributed by atoms with E-state index >= 15 is 0 Å². The molecule has 1 unspecified atom stereocenters. The number of hydrogen-bond donors (Lipinski definition) is 0. The van der Waals surface area contributed by atoms with E-state index in [1.165, 1.54) is 13.0 Å². The Morgan fingerprint density at radius 3 is 2.88 bits per heavy atom. The zero-order valence-corrected chi connectivity index (χ0v) is 6.69. The molecule has 0 aromatic heterocycles. The van der Waals surface area contributed by atoms with E-state index in [0.29, 0.717) is 4.83 Å². The van der Waals surface area contributed by atoms with Gasteiger partial charge < -0.3 is 4.90 Å². The second kappa shape index (κ2) is 2.83. The van der Waals surface area contributed by atoms with Crippen LogP contribution in [0.3, 0.4) is 0 Å². The largest absolute Gasteiger partial charge is 0.305 e. The SMILES string of the molecule is CN1C[CH]CC(Br)C1. The second-order valence-electron chi connectivity index (χ2n) is 2.34. The molecule has 0 saturated carbocycles. The van der Waals surface area contributed by atoms with Crippen LogP contribution in [0.2, 0.25) is 0 Å². The zero-order valence-electron chi connectivity index (χ0n) is 5.10. The highest BCUT2D eigenvalue weighted by atomic mass is 79.9. The lowest BCUT2D eigenvalue weighted by atomic mass is 10.1. The average Bonchev–Trinajstić information content (AvgIpc) is 1.64. The van der Waals surface area contributed by atoms with Crippen molar-refractivity contribution in [3.63, 3.8) is 0 Å². The highest BCUT2D eigenvalue weighted by molar-refractivity contribution is 9.09. The lowest BCUT2D eigenvalue weighted by molar-refractivity contribution is 0.327. The van der Waals surface area contributed by atoms with Crippen molar-refractivity contribution >= 4 is 15.9 Å². The molecule has 1 rings (SSSR count). The lowest BCUT2D eigenvalue weighted by Crippen LogP contribution is -2.32. The van der Waals surface area contributed by atoms with Crippen molar-refractivity contribution in [3.8, 4) is 0 Å². The summed E-state index contributed by atoms with van der Waals surface area (Å²) in [6.45, 7) is 2.35. The van der Waals surface area contributed by atoms with Crippen molar-refractivity contribution < 1.29 is 0 Å². The first kappa shape index (κ1) is 6.56. The fraction of sp³-hybridized carbons (Fsp3) is 0.833. The molecule has 1 aliphatic heterocycles. The summed E-state index contributed by atoms with van der Waals surface area (Å²) in [5.74, 6) is 0. The van der Waals surface area contributed by atoms with E-state index in [4.69, 9.17) is 0 Å². The fourth-order valence-corrected chi connectivity index (χ4v) is 1.72. The number of nitrogens with zero attached hydrogens (tertiary/aromatic N) is 1. The van der Waals surface area contributed by atoms with E-state index in [2.05, 4.69) is 34.3 Å². The molecule has 1 atom stereocenters. The van der Waals surface area contributed by atoms with Crippen molar-refractivity contribution in [2.45, 2.75) is 11.2 Å². The van der Waals surface area contributed by atoms with Crippen molar-refractivity contribution in [1.82, 2.24) is 4.90 Å². The monoisotopic (exact) mass is 176 g/mol. The molecule has 0 aliphatic carbocycles. The van der Waals surface area contributed by atoms with Crippen LogP contribution in [0.1, 0.15) is 6.42 Å². The third-order valence-corrected chi connectivity index (χ3v) is 2.04. The summed E-state index contributed by atoms with van der Waals surface area (Å²) in [6.07, 6.45) is 3.53. The standard InChI is InChI=1S/C6H11BrN/c1-8-4-2-3-6(7)5-8/h2,6H,3-5H2,1H3. The quantitative estimate of drug-likeness (QED) is 0.504. The number of likely N-dealkylation sites (tertiary alicyclic amines) is 1. The van der Waals surface area contributed by atoms with Crippen molar-refractivity contribution in [3.05, 3.63) is 6.42 Å². The predicted octanol–water partition coefficient (Wildman–Crippen LogP) is 1.29. The Labute approximate surface area is 59.2 Å². The van der Waals surface area contributed by atoms with Gasteiger partial charge in [0.05, 0.1) is 0 Å². The molecule has 0 spiro atoms. The Bertz CT molecular complexity index is 66.9. The van der Waals surface area contributed by atoms with Gasteiger partial charge in [0.1, 0.15) is 0 Å². The molecule has 0 amide bonds. The van der Waals surface area contributed by atoms with Gasteiger partial charge in [0.15, 0.2) is 0 Å². The van der Waals surface area contributed by atoms with E-state index in [1.54, 1.807) is 0 Å². The zero-order chi connectivity index (χ0) is 5.98. The van der Waals surface area contributed by atoms with E-state index < -0.39 is 0 Å². The van der Waals surface area contributed by atoms with Gasteiger partial charge in [-0.25, -0.2) is 0 Å². The van der Waals surface area contributed by atoms with Gasteiger partial charge in [0, 0.05) is 17.9 Å². The van der Waals surface area contributed by atoms with Crippen LogP contribution < -0.4 is 0 Å². The molecular formula is C6H11BrN. The molecule has 1 heterocycles. The summed E-state index contributed by atoms with van der Waals surface area (Å²) in [5.41, 5.74) is 0. The van der Waals surface area contributed by atoms with Gasteiger partial charge in [0.2, 0.25) is 0 Å². The number of rotatable bonds is 0. The highest BCUT2D eigenvalue weighted by Gasteiger charge is 2.12. The molecular weight excluding hydrogens is 166 g/mol. The second-order valence-corrected chi connectivity index (χ2v) is 3.64. The van der Waals surface area contributed by atoms with Gasteiger partial charge >= 0.3 is 0 Å². The maximum atomic E-state index is 3.56. The van der Waals surface area contributed by atoms with Crippen LogP contribution in [0.25, 0.3) is 0 Å². The summed E-state index contributed by atoms with van der Waals surface area (Å²) < 4.78 is 0. The first-order valence-corrected chi connectivity index (χ1v) is 3.85. The molecule has 1 fully saturated rings. The number of hydrogen-bond acceptors (Lipinski definition) is 1. The van der Waals surface area contributed by atoms with Crippen LogP contribution in [0.15, 0.2) is 0 Å². The molecule has 1 radical (unpaired) electrons. The van der Waals surface area contributed by atoms with Crippen molar-refractivity contribution in [2.24, 2.45) is 0 Å². The maximum Gasteiger partial charge on any atom is 0.0276 e. The van der Waals surface area contributed by atoms with Crippen molar-refractivity contribution in [2.75, 3.05) is 20.1 Å². The fourth-order valence-electron chi connectivity index (χ4n) is 0.963. The van der Waals surface area contributed by atoms with Crippen LogP contribution in [-0.4, -0.2) is 29.9 Å². The van der Waals surface area contributed by atoms with Crippen molar-refractivity contribution in [1.29, 1.82) is 0 Å². The van der Waals surface area contributed by atoms with E-state index in [0.717, 1.165) is 6.54 Å². The molecule has 0 aromatic carbocycles. The minimum absolute atomic E-state index is 0.696. The van der Waals surface area contributed by atoms with Gasteiger partial charge in [0.25, 0.3) is 0 Å². The summed E-state index contributed by atoms with van der Waals surface area (Å²) in [5, 5.41) is 0. The first-order valence-electron chi connectivity index (χ1n) is 2.93. The molecule has 2 heteroatoms. The molecule has 8 heavy (non-hydrogen) atoms. The number of halogens is 1. The van der Waals surface area contributed by atoms with Gasteiger partial charge in [-0.3, -0.25) is 0 Å². The summed E-state index contributed by atoms with van der Waals surface area (Å²) >= 11 is 3.56. The molecule has 1 nitrogen and oxygen atoms in total. The minimum Gasteiger partial charge on any atom is -0.305 e. The smallest absolute Gasteiger partial charge is 0.0276 e. The van der Waals surface area contributed by atoms with Gasteiger partial charge in [-0.15, -0.1) is 0 Å². The van der Waals surface area contributed by atoms with E-state index in [1.807, 2.05) is 0 Å². The molecule has 1 saturated heterocycles. The van der Waals surface area contributed by atoms with Gasteiger partial charge in [-0.05, 0) is 19.9 Å². The maximum absolute atomic E-state index is 3.56. The van der Waals surface area contributed by atoms with E-state index in [9.17, 15) is 0 Å². The molecule has 1 aliphatic rings. The van der Waals surface area contributed by atoms with Gasteiger partial charge in [-0.1, -0.05) is 15.9 Å². The lowest BCUT2D eigenvalue weighted by Gasteiger charge is -2.25. The minimum atomic E-state index is 0.696. The average molecular weight is 177 g/mol. The molecule has 47 valence electrons. The Morgan fingerprint density at radius 1 is 1.75 bits per heavy atom. The number of piperidine rings is 1. The predicted molar refractivity (Wildman–Crippen MR) is 39.1 cm³/mol. The topological polar surface area (TPSA) is 3.24 Å². The normalized spacial score (nSPS) is 33.0. The van der Waals surface area contributed by atoms with Crippen LogP contribution in [-0.2, 0) is 0 Å². The molecule has 0 N–H and O–H groups in total. The summed E-state index contributed by atoms with van der Waals surface area (Å²) in [7, 11) is 2.14. The summed E-state index contributed by atoms with van der Waals surface area (Å²) in [4.78, 5) is 3.00. The Kier molecular flexibility index (Phi) is 2.32. The molecule has 0 aromatic rings.